The molecule has 146 valence electrons. The number of aryl methyl sites for hydroxylation is 3. The van der Waals surface area contributed by atoms with Crippen LogP contribution in [-0.4, -0.2) is 48.7 Å². The van der Waals surface area contributed by atoms with Gasteiger partial charge < -0.3 is 19.5 Å². The Hall–Kier alpha value is -2.67. The molecule has 0 saturated carbocycles. The molecule has 1 aromatic heterocycles. The maximum Gasteiger partial charge on any atom is 0.244 e. The van der Waals surface area contributed by atoms with Crippen LogP contribution in [-0.2, 0) is 20.7 Å². The first-order valence-corrected chi connectivity index (χ1v) is 8.88. The fraction of sp³-hybridized carbons (Fsp3) is 0.450. The largest absolute Gasteiger partial charge is 0.383 e. The molecule has 2 rings (SSSR count). The van der Waals surface area contributed by atoms with Crippen LogP contribution in [0.15, 0.2) is 22.7 Å². The number of nitrogens with one attached hydrogen (secondary N) is 1. The van der Waals surface area contributed by atoms with Crippen LogP contribution < -0.4 is 5.32 Å². The van der Waals surface area contributed by atoms with Gasteiger partial charge in [-0.2, -0.15) is 0 Å². The van der Waals surface area contributed by atoms with Crippen molar-refractivity contribution in [2.24, 2.45) is 0 Å². The smallest absolute Gasteiger partial charge is 0.244 e. The number of hydrogen-bond donors (Lipinski definition) is 1. The molecule has 0 fully saturated rings. The van der Waals surface area contributed by atoms with Gasteiger partial charge in [0.25, 0.3) is 0 Å². The minimum atomic E-state index is -0.244. The van der Waals surface area contributed by atoms with E-state index in [1.165, 1.54) is 4.90 Å². The van der Waals surface area contributed by atoms with Crippen molar-refractivity contribution in [2.75, 3.05) is 32.1 Å². The summed E-state index contributed by atoms with van der Waals surface area (Å²) < 4.78 is 10.2. The lowest BCUT2D eigenvalue weighted by molar-refractivity contribution is -0.134. The standard InChI is InChI=1S/C20H27N3O4/c1-13-7-6-8-18(14(13)2)21-19(24)12-23(9-10-26-5)20(25)11-17-15(3)22-27-16(17)4/h6-8H,9-12H2,1-5H3,(H,21,24). The van der Waals surface area contributed by atoms with Crippen LogP contribution >= 0.6 is 0 Å². The summed E-state index contributed by atoms with van der Waals surface area (Å²) in [4.78, 5) is 26.8. The SMILES string of the molecule is COCCN(CC(=O)Nc1cccc(C)c1C)C(=O)Cc1c(C)noc1C. The molecule has 2 aromatic rings. The first-order valence-electron chi connectivity index (χ1n) is 8.88. The van der Waals surface area contributed by atoms with Crippen molar-refractivity contribution in [2.45, 2.75) is 34.1 Å². The van der Waals surface area contributed by atoms with Gasteiger partial charge in [-0.05, 0) is 44.9 Å². The highest BCUT2D eigenvalue weighted by Gasteiger charge is 2.21. The van der Waals surface area contributed by atoms with Gasteiger partial charge in [-0.3, -0.25) is 9.59 Å². The van der Waals surface area contributed by atoms with Crippen LogP contribution in [0.3, 0.4) is 0 Å². The van der Waals surface area contributed by atoms with Crippen LogP contribution in [0.1, 0.15) is 28.1 Å². The Morgan fingerprint density at radius 2 is 1.96 bits per heavy atom. The number of benzene rings is 1. The van der Waals surface area contributed by atoms with Crippen molar-refractivity contribution in [3.63, 3.8) is 0 Å². The summed E-state index contributed by atoms with van der Waals surface area (Å²) in [5.74, 6) is 0.205. The Labute approximate surface area is 159 Å². The van der Waals surface area contributed by atoms with Crippen LogP contribution in [0.5, 0.6) is 0 Å². The molecule has 0 aliphatic carbocycles. The number of ether oxygens (including phenoxy) is 1. The Kier molecular flexibility index (Phi) is 7.12. The second kappa shape index (κ2) is 9.32. The molecule has 1 aromatic carbocycles. The number of carbonyl (C=O) groups is 2. The summed E-state index contributed by atoms with van der Waals surface area (Å²) in [6.45, 7) is 8.16. The molecule has 7 heteroatoms. The van der Waals surface area contributed by atoms with Crippen molar-refractivity contribution in [1.82, 2.24) is 10.1 Å². The topological polar surface area (TPSA) is 84.7 Å². The molecule has 0 aliphatic heterocycles. The van der Waals surface area contributed by atoms with Crippen molar-refractivity contribution in [3.05, 3.63) is 46.3 Å². The van der Waals surface area contributed by atoms with E-state index in [0.29, 0.717) is 24.6 Å². The van der Waals surface area contributed by atoms with Gasteiger partial charge in [0.05, 0.1) is 25.3 Å². The molecular weight excluding hydrogens is 346 g/mol. The first kappa shape index (κ1) is 20.6. The Balaban J connectivity index is 2.07. The number of hydrogen-bond acceptors (Lipinski definition) is 5. The summed E-state index contributed by atoms with van der Waals surface area (Å²) in [5, 5.41) is 6.77. The number of nitrogens with zero attached hydrogens (tertiary/aromatic N) is 2. The minimum absolute atomic E-state index is 0.0427. The van der Waals surface area contributed by atoms with E-state index in [-0.39, 0.29) is 24.8 Å². The molecule has 0 spiro atoms. The number of anilines is 1. The molecule has 0 atom stereocenters. The van der Waals surface area contributed by atoms with E-state index in [2.05, 4.69) is 10.5 Å². The van der Waals surface area contributed by atoms with Crippen LogP contribution in [0.25, 0.3) is 0 Å². The summed E-state index contributed by atoms with van der Waals surface area (Å²) in [7, 11) is 1.56. The molecule has 1 heterocycles. The third-order valence-electron chi connectivity index (χ3n) is 4.64. The van der Waals surface area contributed by atoms with Crippen molar-refractivity contribution in [3.8, 4) is 0 Å². The van der Waals surface area contributed by atoms with Crippen LogP contribution in [0.4, 0.5) is 5.69 Å². The van der Waals surface area contributed by atoms with Gasteiger partial charge in [-0.1, -0.05) is 17.3 Å². The average Bonchev–Trinajstić information content (AvgIpc) is 2.94. The number of carbonyl (C=O) groups excluding carboxylic acids is 2. The Morgan fingerprint density at radius 3 is 2.59 bits per heavy atom. The number of rotatable bonds is 8. The van der Waals surface area contributed by atoms with Crippen molar-refractivity contribution < 1.29 is 18.8 Å². The van der Waals surface area contributed by atoms with E-state index in [1.807, 2.05) is 32.0 Å². The zero-order chi connectivity index (χ0) is 20.0. The van der Waals surface area contributed by atoms with Gasteiger partial charge >= 0.3 is 0 Å². The van der Waals surface area contributed by atoms with E-state index in [4.69, 9.17) is 9.26 Å². The molecule has 0 aliphatic rings. The lowest BCUT2D eigenvalue weighted by Crippen LogP contribution is -2.41. The molecule has 0 saturated heterocycles. The second-order valence-corrected chi connectivity index (χ2v) is 6.58. The monoisotopic (exact) mass is 373 g/mol. The third kappa shape index (κ3) is 5.40. The second-order valence-electron chi connectivity index (χ2n) is 6.58. The average molecular weight is 373 g/mol. The van der Waals surface area contributed by atoms with Gasteiger partial charge in [0.15, 0.2) is 0 Å². The zero-order valence-electron chi connectivity index (χ0n) is 16.6. The zero-order valence-corrected chi connectivity index (χ0v) is 16.6. The van der Waals surface area contributed by atoms with E-state index < -0.39 is 0 Å². The van der Waals surface area contributed by atoms with Crippen molar-refractivity contribution in [1.29, 1.82) is 0 Å². The van der Waals surface area contributed by atoms with Gasteiger partial charge in [0, 0.05) is 24.9 Å². The Bertz CT molecular complexity index is 794. The van der Waals surface area contributed by atoms with Crippen LogP contribution in [0, 0.1) is 27.7 Å². The molecule has 0 unspecified atom stereocenters. The fourth-order valence-electron chi connectivity index (χ4n) is 2.76. The quantitative estimate of drug-likeness (QED) is 0.769. The summed E-state index contributed by atoms with van der Waals surface area (Å²) in [6, 6.07) is 5.73. The van der Waals surface area contributed by atoms with Crippen molar-refractivity contribution >= 4 is 17.5 Å². The first-order chi connectivity index (χ1) is 12.8. The maximum atomic E-state index is 12.8. The number of amides is 2. The van der Waals surface area contributed by atoms with Gasteiger partial charge in [-0.15, -0.1) is 0 Å². The highest BCUT2D eigenvalue weighted by atomic mass is 16.5. The van der Waals surface area contributed by atoms with Gasteiger partial charge in [-0.25, -0.2) is 0 Å². The lowest BCUT2D eigenvalue weighted by atomic mass is 10.1. The summed E-state index contributed by atoms with van der Waals surface area (Å²) in [5.41, 5.74) is 4.31. The summed E-state index contributed by atoms with van der Waals surface area (Å²) in [6.07, 6.45) is 0.141. The van der Waals surface area contributed by atoms with E-state index in [1.54, 1.807) is 21.0 Å². The fourth-order valence-corrected chi connectivity index (χ4v) is 2.76. The molecular formula is C20H27N3O4. The maximum absolute atomic E-state index is 12.8. The predicted octanol–water partition coefficient (Wildman–Crippen LogP) is 2.56. The van der Waals surface area contributed by atoms with Gasteiger partial charge in [0.2, 0.25) is 11.8 Å². The molecule has 7 nitrogen and oxygen atoms in total. The molecule has 1 N–H and O–H groups in total. The Morgan fingerprint density at radius 1 is 1.22 bits per heavy atom. The molecule has 27 heavy (non-hydrogen) atoms. The van der Waals surface area contributed by atoms with Gasteiger partial charge in [0.1, 0.15) is 5.76 Å². The third-order valence-corrected chi connectivity index (χ3v) is 4.64. The predicted molar refractivity (Wildman–Crippen MR) is 103 cm³/mol. The molecule has 0 bridgehead atoms. The minimum Gasteiger partial charge on any atom is -0.383 e. The van der Waals surface area contributed by atoms with E-state index in [9.17, 15) is 9.59 Å². The number of methoxy groups -OCH3 is 1. The lowest BCUT2D eigenvalue weighted by Gasteiger charge is -2.22. The molecule has 2 amide bonds. The number of aromatic nitrogens is 1. The van der Waals surface area contributed by atoms with E-state index >= 15 is 0 Å². The molecule has 0 radical (unpaired) electrons. The normalized spacial score (nSPS) is 10.7. The highest BCUT2D eigenvalue weighted by molar-refractivity contribution is 5.95. The van der Waals surface area contributed by atoms with Crippen LogP contribution in [0.2, 0.25) is 0 Å². The van der Waals surface area contributed by atoms with E-state index in [0.717, 1.165) is 22.4 Å². The highest BCUT2D eigenvalue weighted by Crippen LogP contribution is 2.18. The summed E-state index contributed by atoms with van der Waals surface area (Å²) >= 11 is 0.